The Morgan fingerprint density at radius 1 is 0.966 bits per heavy atom. The lowest BCUT2D eigenvalue weighted by molar-refractivity contribution is -0.136. The Hall–Kier alpha value is -3.55. The molecule has 0 aliphatic heterocycles. The molecule has 8 nitrogen and oxygen atoms in total. The van der Waals surface area contributed by atoms with Gasteiger partial charge >= 0.3 is 5.97 Å². The zero-order chi connectivity index (χ0) is 20.9. The highest BCUT2D eigenvalue weighted by Crippen LogP contribution is 2.08. The number of amides is 1. The van der Waals surface area contributed by atoms with Gasteiger partial charge in [-0.05, 0) is 37.5 Å². The fourth-order valence-electron chi connectivity index (χ4n) is 2.56. The smallest absolute Gasteiger partial charge is 0.305 e. The van der Waals surface area contributed by atoms with E-state index in [0.29, 0.717) is 6.42 Å². The number of carbonyl (C=O) groups excluding carboxylic acids is 1. The maximum absolute atomic E-state index is 11.3. The van der Waals surface area contributed by atoms with Crippen LogP contribution in [0.4, 0.5) is 5.95 Å². The summed E-state index contributed by atoms with van der Waals surface area (Å²) < 4.78 is 0. The lowest BCUT2D eigenvalue weighted by Gasteiger charge is -2.03. The van der Waals surface area contributed by atoms with Gasteiger partial charge in [0.15, 0.2) is 0 Å². The number of rotatable bonds is 8. The number of nitrogens with two attached hydrogens (primary N) is 1. The lowest BCUT2D eigenvalue weighted by atomic mass is 10.1. The number of nitrogen functional groups attached to an aromatic ring is 1. The molecule has 1 aromatic carbocycles. The molecule has 0 fully saturated rings. The Kier molecular flexibility index (Phi) is 9.01. The first-order chi connectivity index (χ1) is 14.0. The minimum atomic E-state index is -0.915. The van der Waals surface area contributed by atoms with E-state index < -0.39 is 5.97 Å². The maximum Gasteiger partial charge on any atom is 0.305 e. The minimum Gasteiger partial charge on any atom is -0.481 e. The molecule has 2 heterocycles. The Labute approximate surface area is 169 Å². The van der Waals surface area contributed by atoms with Crippen LogP contribution in [-0.2, 0) is 16.0 Å². The molecule has 3 aromatic rings. The number of pyridine rings is 1. The number of benzene rings is 1. The average Bonchev–Trinajstić information content (AvgIpc) is 2.72. The molecule has 0 saturated carbocycles. The second-order valence-electron chi connectivity index (χ2n) is 6.30. The number of aryl methyl sites for hydroxylation is 1. The first-order valence-corrected chi connectivity index (χ1v) is 9.40. The number of carboxylic acid groups (broad SMARTS) is 1. The molecule has 0 unspecified atom stereocenters. The van der Waals surface area contributed by atoms with Gasteiger partial charge in [0.25, 0.3) is 0 Å². The van der Waals surface area contributed by atoms with E-state index in [1.807, 2.05) is 30.5 Å². The van der Waals surface area contributed by atoms with Crippen LogP contribution < -0.4 is 11.1 Å². The number of carboxylic acids is 1. The Balaban J connectivity index is 0.000000248. The van der Waals surface area contributed by atoms with Gasteiger partial charge in [-0.25, -0.2) is 9.97 Å². The Morgan fingerprint density at radius 2 is 1.76 bits per heavy atom. The zero-order valence-electron chi connectivity index (χ0n) is 16.1. The van der Waals surface area contributed by atoms with Gasteiger partial charge in [0.05, 0.1) is 11.9 Å². The van der Waals surface area contributed by atoms with E-state index in [-0.39, 0.29) is 24.8 Å². The highest BCUT2D eigenvalue weighted by atomic mass is 16.4. The van der Waals surface area contributed by atoms with Crippen molar-refractivity contribution in [3.63, 3.8) is 0 Å². The van der Waals surface area contributed by atoms with Crippen molar-refractivity contribution in [3.05, 3.63) is 60.6 Å². The van der Waals surface area contributed by atoms with Gasteiger partial charge in [-0.15, -0.1) is 0 Å². The van der Waals surface area contributed by atoms with E-state index >= 15 is 0 Å². The van der Waals surface area contributed by atoms with Crippen molar-refractivity contribution < 1.29 is 14.7 Å². The summed E-state index contributed by atoms with van der Waals surface area (Å²) in [5, 5.41) is 12.2. The van der Waals surface area contributed by atoms with Crippen LogP contribution in [0.25, 0.3) is 10.9 Å². The lowest BCUT2D eigenvalue weighted by Crippen LogP contribution is -2.25. The highest BCUT2D eigenvalue weighted by molar-refractivity contribution is 5.77. The topological polar surface area (TPSA) is 131 Å². The summed E-state index contributed by atoms with van der Waals surface area (Å²) in [5.41, 5.74) is 7.38. The highest BCUT2D eigenvalue weighted by Gasteiger charge is 2.03. The van der Waals surface area contributed by atoms with Crippen molar-refractivity contribution >= 4 is 28.7 Å². The molecular formula is C21H25N5O3. The number of carbonyl (C=O) groups is 2. The number of aromatic nitrogens is 3. The summed E-state index contributed by atoms with van der Waals surface area (Å²) in [4.78, 5) is 33.6. The van der Waals surface area contributed by atoms with E-state index in [9.17, 15) is 9.59 Å². The summed E-state index contributed by atoms with van der Waals surface area (Å²) in [5.74, 6) is -0.783. The molecule has 0 spiro atoms. The van der Waals surface area contributed by atoms with Gasteiger partial charge in [0, 0.05) is 36.4 Å². The third kappa shape index (κ3) is 8.79. The number of hydrogen-bond donors (Lipinski definition) is 3. The Bertz CT molecular complexity index is 867. The molecule has 0 atom stereocenters. The molecule has 0 bridgehead atoms. The molecule has 0 radical (unpaired) electrons. The number of hydrogen-bond acceptors (Lipinski definition) is 6. The van der Waals surface area contributed by atoms with Crippen molar-refractivity contribution in [2.24, 2.45) is 0 Å². The van der Waals surface area contributed by atoms with Crippen LogP contribution in [0.3, 0.4) is 0 Å². The minimum absolute atomic E-state index is 0.0497. The van der Waals surface area contributed by atoms with Gasteiger partial charge in [0.2, 0.25) is 11.9 Å². The van der Waals surface area contributed by atoms with E-state index in [0.717, 1.165) is 30.5 Å². The monoisotopic (exact) mass is 395 g/mol. The standard InChI is InChI=1S/C12H18N4O3.C9H7N/c13-12-15-7-5-9(16-12)3-1-2-4-10(17)14-8-6-11(18)19;1-2-6-9-8(4-1)5-3-7-10-9/h5,7H,1-4,6,8H2,(H,14,17)(H,18,19)(H2,13,15,16);1-7H. The number of anilines is 1. The van der Waals surface area contributed by atoms with Gasteiger partial charge in [-0.2, -0.15) is 0 Å². The van der Waals surface area contributed by atoms with Gasteiger partial charge in [-0.3, -0.25) is 14.6 Å². The quantitative estimate of drug-likeness (QED) is 0.500. The summed E-state index contributed by atoms with van der Waals surface area (Å²) in [6.07, 6.45) is 6.05. The van der Waals surface area contributed by atoms with Crippen LogP contribution in [0.15, 0.2) is 54.9 Å². The fraction of sp³-hybridized carbons (Fsp3) is 0.286. The predicted octanol–water partition coefficient (Wildman–Crippen LogP) is 2.60. The molecule has 1 amide bonds. The van der Waals surface area contributed by atoms with Crippen molar-refractivity contribution in [3.8, 4) is 0 Å². The van der Waals surface area contributed by atoms with Crippen molar-refractivity contribution in [1.82, 2.24) is 20.3 Å². The zero-order valence-corrected chi connectivity index (χ0v) is 16.1. The van der Waals surface area contributed by atoms with Crippen LogP contribution in [0.5, 0.6) is 0 Å². The third-order valence-corrected chi connectivity index (χ3v) is 3.99. The number of fused-ring (bicyclic) bond motifs is 1. The number of nitrogens with zero attached hydrogens (tertiary/aromatic N) is 3. The second-order valence-corrected chi connectivity index (χ2v) is 6.30. The molecule has 3 rings (SSSR count). The van der Waals surface area contributed by atoms with Gasteiger partial charge < -0.3 is 16.2 Å². The van der Waals surface area contributed by atoms with Gasteiger partial charge in [0.1, 0.15) is 0 Å². The van der Waals surface area contributed by atoms with Crippen molar-refractivity contribution in [2.45, 2.75) is 32.1 Å². The second kappa shape index (κ2) is 12.0. The van der Waals surface area contributed by atoms with Crippen LogP contribution in [0, 0.1) is 0 Å². The van der Waals surface area contributed by atoms with Gasteiger partial charge in [-0.1, -0.05) is 24.3 Å². The first kappa shape index (κ1) is 21.7. The van der Waals surface area contributed by atoms with E-state index in [1.54, 1.807) is 12.3 Å². The van der Waals surface area contributed by atoms with Crippen LogP contribution in [-0.4, -0.2) is 38.5 Å². The maximum atomic E-state index is 11.3. The average molecular weight is 395 g/mol. The number of aliphatic carboxylic acids is 1. The largest absolute Gasteiger partial charge is 0.481 e. The number of unbranched alkanes of at least 4 members (excludes halogenated alkanes) is 1. The van der Waals surface area contributed by atoms with Crippen LogP contribution in [0.2, 0.25) is 0 Å². The molecule has 0 aliphatic rings. The molecule has 0 aliphatic carbocycles. The van der Waals surface area contributed by atoms with E-state index in [4.69, 9.17) is 10.8 Å². The summed E-state index contributed by atoms with van der Waals surface area (Å²) >= 11 is 0. The third-order valence-electron chi connectivity index (χ3n) is 3.99. The normalized spacial score (nSPS) is 10.1. The number of nitrogens with one attached hydrogen (secondary N) is 1. The van der Waals surface area contributed by atoms with Crippen molar-refractivity contribution in [1.29, 1.82) is 0 Å². The van der Waals surface area contributed by atoms with Crippen LogP contribution >= 0.6 is 0 Å². The SMILES string of the molecule is Nc1nccc(CCCCC(=O)NCCC(=O)O)n1.c1ccc2ncccc2c1. The molecule has 8 heteroatoms. The molecule has 29 heavy (non-hydrogen) atoms. The fourth-order valence-corrected chi connectivity index (χ4v) is 2.56. The van der Waals surface area contributed by atoms with Crippen molar-refractivity contribution in [2.75, 3.05) is 12.3 Å². The first-order valence-electron chi connectivity index (χ1n) is 9.40. The summed E-state index contributed by atoms with van der Waals surface area (Å²) in [6, 6.07) is 13.9. The molecule has 2 aromatic heterocycles. The number of para-hydroxylation sites is 1. The molecule has 152 valence electrons. The van der Waals surface area contributed by atoms with Crippen LogP contribution in [0.1, 0.15) is 31.4 Å². The molecule has 0 saturated heterocycles. The van der Waals surface area contributed by atoms with E-state index in [2.05, 4.69) is 32.4 Å². The predicted molar refractivity (Wildman–Crippen MR) is 111 cm³/mol. The Morgan fingerprint density at radius 3 is 2.52 bits per heavy atom. The van der Waals surface area contributed by atoms with E-state index in [1.165, 1.54) is 5.39 Å². The summed E-state index contributed by atoms with van der Waals surface area (Å²) in [7, 11) is 0. The summed E-state index contributed by atoms with van der Waals surface area (Å²) in [6.45, 7) is 0.177. The molecule has 4 N–H and O–H groups in total. The molecular weight excluding hydrogens is 370 g/mol.